The molecule has 7 rings (SSSR count). The lowest BCUT2D eigenvalue weighted by Crippen LogP contribution is -2.23. The molecule has 0 aliphatic carbocycles. The lowest BCUT2D eigenvalue weighted by atomic mass is 9.97. The first-order valence-electron chi connectivity index (χ1n) is 13.5. The highest BCUT2D eigenvalue weighted by Crippen LogP contribution is 2.30. The van der Waals surface area contributed by atoms with Crippen LogP contribution in [0.3, 0.4) is 0 Å². The van der Waals surface area contributed by atoms with Crippen LogP contribution in [0.25, 0.3) is 55.7 Å². The van der Waals surface area contributed by atoms with Gasteiger partial charge in [-0.15, -0.1) is 0 Å². The average Bonchev–Trinajstić information content (AvgIpc) is 2.99. The van der Waals surface area contributed by atoms with Crippen molar-refractivity contribution in [3.63, 3.8) is 0 Å². The highest BCUT2D eigenvalue weighted by atomic mass is 14.9. The molecule has 0 aliphatic rings. The van der Waals surface area contributed by atoms with Crippen LogP contribution in [-0.2, 0) is 6.42 Å². The molecular weight excluding hydrogens is 470 g/mol. The molecule has 0 atom stereocenters. The molecule has 0 aliphatic heterocycles. The number of nitrogens with zero attached hydrogens (tertiary/aromatic N) is 1. The first-order chi connectivity index (χ1) is 19.3. The molecule has 1 heteroatoms. The Morgan fingerprint density at radius 2 is 1.18 bits per heavy atom. The second-order valence-corrected chi connectivity index (χ2v) is 10.1. The van der Waals surface area contributed by atoms with Gasteiger partial charge in [0, 0.05) is 17.5 Å². The van der Waals surface area contributed by atoms with Gasteiger partial charge in [-0.05, 0) is 79.4 Å². The molecule has 0 unspecified atom stereocenters. The van der Waals surface area contributed by atoms with Crippen LogP contribution < -0.4 is 4.57 Å². The van der Waals surface area contributed by atoms with Crippen LogP contribution in [0.4, 0.5) is 0 Å². The van der Waals surface area contributed by atoms with E-state index in [1.54, 1.807) is 0 Å². The van der Waals surface area contributed by atoms with Crippen molar-refractivity contribution in [2.45, 2.75) is 6.42 Å². The van der Waals surface area contributed by atoms with Crippen molar-refractivity contribution < 1.29 is 4.57 Å². The number of aromatic nitrogens is 1. The number of rotatable bonds is 5. The van der Waals surface area contributed by atoms with E-state index in [2.05, 4.69) is 163 Å². The van der Waals surface area contributed by atoms with E-state index in [1.165, 1.54) is 60.1 Å². The van der Waals surface area contributed by atoms with Gasteiger partial charge >= 0.3 is 0 Å². The van der Waals surface area contributed by atoms with Gasteiger partial charge in [-0.1, -0.05) is 109 Å². The Balaban J connectivity index is 1.20. The van der Waals surface area contributed by atoms with Gasteiger partial charge in [0.1, 0.15) is 0 Å². The van der Waals surface area contributed by atoms with Gasteiger partial charge < -0.3 is 0 Å². The molecule has 184 valence electrons. The zero-order valence-corrected chi connectivity index (χ0v) is 21.7. The van der Waals surface area contributed by atoms with Crippen LogP contribution >= 0.6 is 0 Å². The molecule has 0 bridgehead atoms. The summed E-state index contributed by atoms with van der Waals surface area (Å²) in [7, 11) is 0. The molecule has 0 fully saturated rings. The van der Waals surface area contributed by atoms with Crippen LogP contribution in [0.5, 0.6) is 0 Å². The molecule has 0 saturated heterocycles. The fourth-order valence-corrected chi connectivity index (χ4v) is 5.56. The Labute approximate surface area is 228 Å². The summed E-state index contributed by atoms with van der Waals surface area (Å²) in [6, 6.07) is 48.1. The maximum atomic E-state index is 2.31. The van der Waals surface area contributed by atoms with Gasteiger partial charge in [-0.25, -0.2) is 0 Å². The maximum Gasteiger partial charge on any atom is 0.182 e. The molecule has 0 N–H and O–H groups in total. The summed E-state index contributed by atoms with van der Waals surface area (Å²) in [5, 5.41) is 7.52. The molecule has 0 saturated carbocycles. The van der Waals surface area contributed by atoms with Gasteiger partial charge in [0.25, 0.3) is 0 Å². The number of benzene rings is 6. The minimum atomic E-state index is 0.945. The van der Waals surface area contributed by atoms with E-state index < -0.39 is 0 Å². The van der Waals surface area contributed by atoms with Crippen LogP contribution in [0.1, 0.15) is 16.7 Å². The Bertz CT molecular complexity index is 1930. The molecule has 7 aromatic rings. The van der Waals surface area contributed by atoms with E-state index in [9.17, 15) is 0 Å². The van der Waals surface area contributed by atoms with Crippen molar-refractivity contribution in [1.82, 2.24) is 0 Å². The van der Waals surface area contributed by atoms with Crippen molar-refractivity contribution >= 4 is 44.6 Å². The highest BCUT2D eigenvalue weighted by molar-refractivity contribution is 6.07. The van der Waals surface area contributed by atoms with Crippen molar-refractivity contribution in [3.8, 4) is 11.1 Å². The first kappa shape index (κ1) is 23.1. The van der Waals surface area contributed by atoms with Gasteiger partial charge in [0.05, 0.1) is 0 Å². The topological polar surface area (TPSA) is 3.88 Å². The quantitative estimate of drug-likeness (QED) is 0.164. The standard InChI is InChI=1S/C38H28N/c1-2-9-28(10-3-1)23-29-11-8-14-30(24-29)31-17-18-35-27-39(21-19-32(35)25-31)22-20-38-36-15-6-4-12-33(36)26-34-13-5-7-16-37(34)38/h1-22,24-27H,23H2/q+1/b22-20+. The summed E-state index contributed by atoms with van der Waals surface area (Å²) in [6.45, 7) is 0. The fourth-order valence-electron chi connectivity index (χ4n) is 5.56. The predicted octanol–water partition coefficient (Wildman–Crippen LogP) is 9.32. The second-order valence-electron chi connectivity index (χ2n) is 10.1. The lowest BCUT2D eigenvalue weighted by molar-refractivity contribution is -0.565. The van der Waals surface area contributed by atoms with E-state index in [0.717, 1.165) is 6.42 Å². The van der Waals surface area contributed by atoms with E-state index in [4.69, 9.17) is 0 Å². The molecule has 1 nitrogen and oxygen atoms in total. The zero-order valence-electron chi connectivity index (χ0n) is 21.7. The summed E-state index contributed by atoms with van der Waals surface area (Å²) < 4.78 is 2.15. The van der Waals surface area contributed by atoms with Crippen LogP contribution in [0, 0.1) is 0 Å². The number of fused-ring (bicyclic) bond motifs is 3. The molecule has 1 heterocycles. The summed E-state index contributed by atoms with van der Waals surface area (Å²) in [5.74, 6) is 0. The van der Waals surface area contributed by atoms with E-state index in [1.807, 2.05) is 0 Å². The SMILES string of the molecule is C(=C\[n+]1ccc2cc(-c3cccc(Cc4ccccc4)c3)ccc2c1)/c1c2ccccc2cc2ccccc12. The highest BCUT2D eigenvalue weighted by Gasteiger charge is 2.08. The minimum absolute atomic E-state index is 0.945. The van der Waals surface area contributed by atoms with Crippen molar-refractivity contribution in [2.24, 2.45) is 0 Å². The average molecular weight is 499 g/mol. The van der Waals surface area contributed by atoms with Gasteiger partial charge in [-0.2, -0.15) is 4.57 Å². The number of hydrogen-bond donors (Lipinski definition) is 0. The zero-order chi connectivity index (χ0) is 26.0. The molecular formula is C38H28N+. The van der Waals surface area contributed by atoms with Crippen molar-refractivity contribution in [2.75, 3.05) is 0 Å². The molecule has 0 amide bonds. The normalized spacial score (nSPS) is 11.6. The number of hydrogen-bond acceptors (Lipinski definition) is 0. The molecule has 6 aromatic carbocycles. The number of pyridine rings is 1. The summed E-state index contributed by atoms with van der Waals surface area (Å²) in [4.78, 5) is 0. The third kappa shape index (κ3) is 4.71. The van der Waals surface area contributed by atoms with Gasteiger partial charge in [0.15, 0.2) is 18.6 Å². The molecule has 39 heavy (non-hydrogen) atoms. The van der Waals surface area contributed by atoms with Crippen molar-refractivity contribution in [3.05, 3.63) is 163 Å². The summed E-state index contributed by atoms with van der Waals surface area (Å²) in [6.07, 6.45) is 9.69. The summed E-state index contributed by atoms with van der Waals surface area (Å²) >= 11 is 0. The third-order valence-electron chi connectivity index (χ3n) is 7.54. The lowest BCUT2D eigenvalue weighted by Gasteiger charge is -2.08. The predicted molar refractivity (Wildman–Crippen MR) is 166 cm³/mol. The Hall–Kier alpha value is -5.01. The third-order valence-corrected chi connectivity index (χ3v) is 7.54. The van der Waals surface area contributed by atoms with Crippen LogP contribution in [0.15, 0.2) is 146 Å². The Morgan fingerprint density at radius 1 is 0.487 bits per heavy atom. The summed E-state index contributed by atoms with van der Waals surface area (Å²) in [5.41, 5.74) is 6.41. The molecule has 0 spiro atoms. The van der Waals surface area contributed by atoms with E-state index in [-0.39, 0.29) is 0 Å². The largest absolute Gasteiger partial charge is 0.182 e. The van der Waals surface area contributed by atoms with Gasteiger partial charge in [0.2, 0.25) is 0 Å². The van der Waals surface area contributed by atoms with Gasteiger partial charge in [-0.3, -0.25) is 0 Å². The Morgan fingerprint density at radius 3 is 1.97 bits per heavy atom. The monoisotopic (exact) mass is 498 g/mol. The maximum absolute atomic E-state index is 2.31. The van der Waals surface area contributed by atoms with Crippen LogP contribution in [0.2, 0.25) is 0 Å². The van der Waals surface area contributed by atoms with E-state index in [0.29, 0.717) is 0 Å². The molecule has 1 aromatic heterocycles. The Kier molecular flexibility index (Phi) is 5.95. The fraction of sp³-hybridized carbons (Fsp3) is 0.0263. The van der Waals surface area contributed by atoms with E-state index >= 15 is 0 Å². The second kappa shape index (κ2) is 10.0. The minimum Gasteiger partial charge on any atom is -0.173 e. The molecule has 0 radical (unpaired) electrons. The van der Waals surface area contributed by atoms with Crippen molar-refractivity contribution in [1.29, 1.82) is 0 Å². The van der Waals surface area contributed by atoms with Crippen LogP contribution in [-0.4, -0.2) is 0 Å². The first-order valence-corrected chi connectivity index (χ1v) is 13.5. The smallest absolute Gasteiger partial charge is 0.173 e.